The lowest BCUT2D eigenvalue weighted by Gasteiger charge is -2.23. The topological polar surface area (TPSA) is 66.5 Å². The highest BCUT2D eigenvalue weighted by atomic mass is 32.2. The van der Waals surface area contributed by atoms with Crippen LogP contribution in [0, 0.1) is 17.6 Å². The highest BCUT2D eigenvalue weighted by Gasteiger charge is 2.26. The van der Waals surface area contributed by atoms with Crippen molar-refractivity contribution in [3.63, 3.8) is 0 Å². The Morgan fingerprint density at radius 3 is 2.24 bits per heavy atom. The number of nitrogens with one attached hydrogen (secondary N) is 1. The molecule has 0 fully saturated rings. The summed E-state index contributed by atoms with van der Waals surface area (Å²) >= 11 is 0. The second-order valence-electron chi connectivity index (χ2n) is 5.04. The fraction of sp³-hybridized carbons (Fsp3) is 0.462. The van der Waals surface area contributed by atoms with E-state index in [0.29, 0.717) is 10.8 Å². The van der Waals surface area contributed by atoms with Crippen LogP contribution in [0.2, 0.25) is 0 Å². The molecule has 0 saturated carbocycles. The Balaban J connectivity index is 3.06. The zero-order valence-electron chi connectivity index (χ0n) is 12.1. The van der Waals surface area contributed by atoms with Gasteiger partial charge >= 0.3 is 0 Å². The van der Waals surface area contributed by atoms with E-state index in [1.165, 1.54) is 0 Å². The van der Waals surface area contributed by atoms with Crippen LogP contribution in [0.5, 0.6) is 0 Å². The molecular formula is C13H18F2N2O3S. The van der Waals surface area contributed by atoms with Crippen molar-refractivity contribution in [1.29, 1.82) is 0 Å². The third-order valence-electron chi connectivity index (χ3n) is 2.58. The predicted octanol–water partition coefficient (Wildman–Crippen LogP) is 1.50. The lowest BCUT2D eigenvalue weighted by atomic mass is 10.2. The van der Waals surface area contributed by atoms with E-state index in [2.05, 4.69) is 5.32 Å². The number of amides is 1. The van der Waals surface area contributed by atoms with Gasteiger partial charge in [-0.1, -0.05) is 19.9 Å². The van der Waals surface area contributed by atoms with E-state index < -0.39 is 39.8 Å². The summed E-state index contributed by atoms with van der Waals surface area (Å²) in [6.07, 6.45) is 0.786. The summed E-state index contributed by atoms with van der Waals surface area (Å²) in [5.74, 6) is -2.54. The standard InChI is InChI=1S/C13H18F2N2O3S/c1-9(2)7-16-12(18)8-17(21(3,19)20)13-10(14)5-4-6-11(13)15/h4-6,9H,7-8H2,1-3H3,(H,16,18). The summed E-state index contributed by atoms with van der Waals surface area (Å²) in [5, 5.41) is 2.50. The molecule has 0 spiro atoms. The van der Waals surface area contributed by atoms with Crippen molar-refractivity contribution in [1.82, 2.24) is 5.32 Å². The molecule has 0 aliphatic rings. The van der Waals surface area contributed by atoms with Crippen molar-refractivity contribution in [3.05, 3.63) is 29.8 Å². The molecule has 1 aromatic carbocycles. The molecular weight excluding hydrogens is 302 g/mol. The molecule has 0 aliphatic heterocycles. The number of carbonyl (C=O) groups is 1. The van der Waals surface area contributed by atoms with E-state index in [0.717, 1.165) is 24.5 Å². The Labute approximate surface area is 123 Å². The molecule has 0 bridgehead atoms. The largest absolute Gasteiger partial charge is 0.354 e. The first kappa shape index (κ1) is 17.4. The van der Waals surface area contributed by atoms with Crippen LogP contribution in [0.25, 0.3) is 0 Å². The maximum Gasteiger partial charge on any atom is 0.240 e. The van der Waals surface area contributed by atoms with Gasteiger partial charge in [-0.15, -0.1) is 0 Å². The molecule has 1 N–H and O–H groups in total. The summed E-state index contributed by atoms with van der Waals surface area (Å²) in [5.41, 5.74) is -0.750. The Kier molecular flexibility index (Phi) is 5.65. The molecule has 0 radical (unpaired) electrons. The van der Waals surface area contributed by atoms with E-state index in [9.17, 15) is 22.0 Å². The number of hydrogen-bond donors (Lipinski definition) is 1. The fourth-order valence-electron chi connectivity index (χ4n) is 1.59. The van der Waals surface area contributed by atoms with E-state index in [-0.39, 0.29) is 5.92 Å². The van der Waals surface area contributed by atoms with E-state index >= 15 is 0 Å². The monoisotopic (exact) mass is 320 g/mol. The molecule has 0 saturated heterocycles. The van der Waals surface area contributed by atoms with Crippen molar-refractivity contribution in [2.24, 2.45) is 5.92 Å². The van der Waals surface area contributed by atoms with E-state index in [4.69, 9.17) is 0 Å². The zero-order chi connectivity index (χ0) is 16.2. The summed E-state index contributed by atoms with van der Waals surface area (Å²) in [7, 11) is -4.00. The van der Waals surface area contributed by atoms with Crippen LogP contribution >= 0.6 is 0 Å². The summed E-state index contributed by atoms with van der Waals surface area (Å²) < 4.78 is 51.3. The Morgan fingerprint density at radius 1 is 1.29 bits per heavy atom. The molecule has 118 valence electrons. The smallest absolute Gasteiger partial charge is 0.240 e. The SMILES string of the molecule is CC(C)CNC(=O)CN(c1c(F)cccc1F)S(C)(=O)=O. The second-order valence-corrected chi connectivity index (χ2v) is 6.94. The van der Waals surface area contributed by atoms with Crippen molar-refractivity contribution in [2.75, 3.05) is 23.7 Å². The van der Waals surface area contributed by atoms with Crippen LogP contribution in [0.1, 0.15) is 13.8 Å². The number of benzene rings is 1. The van der Waals surface area contributed by atoms with Crippen molar-refractivity contribution in [3.8, 4) is 0 Å². The number of nitrogens with zero attached hydrogens (tertiary/aromatic N) is 1. The number of carbonyl (C=O) groups excluding carboxylic acids is 1. The third-order valence-corrected chi connectivity index (χ3v) is 3.69. The first-order valence-electron chi connectivity index (χ1n) is 6.31. The lowest BCUT2D eigenvalue weighted by molar-refractivity contribution is -0.119. The first-order chi connectivity index (χ1) is 9.62. The van der Waals surface area contributed by atoms with Crippen LogP contribution in [-0.2, 0) is 14.8 Å². The lowest BCUT2D eigenvalue weighted by Crippen LogP contribution is -2.42. The second kappa shape index (κ2) is 6.84. The molecule has 0 aliphatic carbocycles. The highest BCUT2D eigenvalue weighted by Crippen LogP contribution is 2.25. The van der Waals surface area contributed by atoms with Gasteiger partial charge in [-0.25, -0.2) is 17.2 Å². The predicted molar refractivity (Wildman–Crippen MR) is 76.4 cm³/mol. The minimum atomic E-state index is -4.00. The molecule has 21 heavy (non-hydrogen) atoms. The molecule has 0 atom stereocenters. The zero-order valence-corrected chi connectivity index (χ0v) is 12.9. The van der Waals surface area contributed by atoms with Gasteiger partial charge in [0.2, 0.25) is 15.9 Å². The summed E-state index contributed by atoms with van der Waals surface area (Å²) in [4.78, 5) is 11.7. The number of halogens is 2. The minimum Gasteiger partial charge on any atom is -0.354 e. The molecule has 0 unspecified atom stereocenters. The summed E-state index contributed by atoms with van der Waals surface area (Å²) in [6, 6.07) is 2.98. The van der Waals surface area contributed by atoms with Gasteiger partial charge in [-0.2, -0.15) is 0 Å². The Morgan fingerprint density at radius 2 is 1.81 bits per heavy atom. The molecule has 1 rings (SSSR count). The maximum atomic E-state index is 13.7. The Hall–Kier alpha value is -1.70. The molecule has 0 heterocycles. The number of anilines is 1. The van der Waals surface area contributed by atoms with Crippen molar-refractivity contribution in [2.45, 2.75) is 13.8 Å². The van der Waals surface area contributed by atoms with Crippen LogP contribution in [-0.4, -0.2) is 33.7 Å². The van der Waals surface area contributed by atoms with Gasteiger partial charge in [-0.05, 0) is 18.1 Å². The average Bonchev–Trinajstić information content (AvgIpc) is 2.33. The van der Waals surface area contributed by atoms with Gasteiger partial charge in [0.05, 0.1) is 6.26 Å². The first-order valence-corrected chi connectivity index (χ1v) is 8.16. The van der Waals surface area contributed by atoms with Gasteiger partial charge < -0.3 is 5.32 Å². The number of para-hydroxylation sites is 1. The molecule has 1 amide bonds. The number of hydrogen-bond acceptors (Lipinski definition) is 3. The van der Waals surface area contributed by atoms with Gasteiger partial charge in [-0.3, -0.25) is 9.10 Å². The molecule has 1 aromatic rings. The van der Waals surface area contributed by atoms with Crippen molar-refractivity contribution >= 4 is 21.6 Å². The normalized spacial score (nSPS) is 11.5. The quantitative estimate of drug-likeness (QED) is 0.864. The van der Waals surface area contributed by atoms with Gasteiger partial charge in [0.25, 0.3) is 0 Å². The van der Waals surface area contributed by atoms with Crippen LogP contribution < -0.4 is 9.62 Å². The van der Waals surface area contributed by atoms with E-state index in [1.54, 1.807) is 0 Å². The number of rotatable bonds is 6. The van der Waals surface area contributed by atoms with Gasteiger partial charge in [0, 0.05) is 6.54 Å². The minimum absolute atomic E-state index is 0.172. The number of sulfonamides is 1. The highest BCUT2D eigenvalue weighted by molar-refractivity contribution is 7.92. The summed E-state index contributed by atoms with van der Waals surface area (Å²) in [6.45, 7) is 3.40. The van der Waals surface area contributed by atoms with Crippen molar-refractivity contribution < 1.29 is 22.0 Å². The van der Waals surface area contributed by atoms with E-state index in [1.807, 2.05) is 13.8 Å². The maximum absolute atomic E-state index is 13.7. The average molecular weight is 320 g/mol. The van der Waals surface area contributed by atoms with Crippen LogP contribution in [0.3, 0.4) is 0 Å². The van der Waals surface area contributed by atoms with Crippen LogP contribution in [0.4, 0.5) is 14.5 Å². The van der Waals surface area contributed by atoms with Crippen LogP contribution in [0.15, 0.2) is 18.2 Å². The molecule has 0 aromatic heterocycles. The van der Waals surface area contributed by atoms with Gasteiger partial charge in [0.15, 0.2) is 11.6 Å². The van der Waals surface area contributed by atoms with Gasteiger partial charge in [0.1, 0.15) is 12.2 Å². The molecule has 5 nitrogen and oxygen atoms in total. The Bertz CT molecular complexity index is 598. The molecule has 8 heteroatoms. The third kappa shape index (κ3) is 4.96. The fourth-order valence-corrected chi connectivity index (χ4v) is 2.45.